The van der Waals surface area contributed by atoms with Crippen LogP contribution in [-0.4, -0.2) is 27.2 Å². The van der Waals surface area contributed by atoms with Crippen LogP contribution in [-0.2, 0) is 11.3 Å². The van der Waals surface area contributed by atoms with Gasteiger partial charge in [-0.2, -0.15) is 5.10 Å². The minimum atomic E-state index is -0.538. The quantitative estimate of drug-likeness (QED) is 0.567. The molecule has 0 aliphatic heterocycles. The molecule has 0 aliphatic carbocycles. The molecule has 2 heterocycles. The van der Waals surface area contributed by atoms with Gasteiger partial charge in [-0.3, -0.25) is 9.59 Å². The zero-order valence-electron chi connectivity index (χ0n) is 15.5. The smallest absolute Gasteiger partial charge is 0.277 e. The molecule has 1 amide bonds. The molecule has 2 aromatic carbocycles. The van der Waals surface area contributed by atoms with E-state index in [1.165, 1.54) is 33.5 Å². The van der Waals surface area contributed by atoms with Crippen LogP contribution in [0.2, 0.25) is 0 Å². The highest BCUT2D eigenvalue weighted by atomic mass is 19.1. The van der Waals surface area contributed by atoms with Crippen molar-refractivity contribution in [2.24, 2.45) is 0 Å². The molecule has 29 heavy (non-hydrogen) atoms. The number of hydrogen-bond acceptors (Lipinski definition) is 4. The number of rotatable bonds is 5. The number of nitrogens with one attached hydrogen (secondary N) is 1. The predicted molar refractivity (Wildman–Crippen MR) is 106 cm³/mol. The summed E-state index contributed by atoms with van der Waals surface area (Å²) in [5.74, 6) is -0.319. The van der Waals surface area contributed by atoms with Crippen LogP contribution in [0.25, 0.3) is 16.8 Å². The number of nitrogens with zero attached hydrogens (tertiary/aromatic N) is 3. The maximum absolute atomic E-state index is 13.7. The van der Waals surface area contributed by atoms with Crippen molar-refractivity contribution in [1.82, 2.24) is 14.2 Å². The maximum Gasteiger partial charge on any atom is 0.277 e. The fraction of sp³-hybridized carbons (Fsp3) is 0.0952. The normalized spacial score (nSPS) is 10.8. The minimum absolute atomic E-state index is 0.0674. The Labute approximate surface area is 165 Å². The molecule has 1 N–H and O–H groups in total. The van der Waals surface area contributed by atoms with Gasteiger partial charge in [-0.1, -0.05) is 12.1 Å². The summed E-state index contributed by atoms with van der Waals surface area (Å²) < 4.78 is 21.6. The monoisotopic (exact) mass is 392 g/mol. The molecule has 0 fully saturated rings. The zero-order valence-corrected chi connectivity index (χ0v) is 15.5. The molecule has 4 aromatic rings. The van der Waals surface area contributed by atoms with Crippen molar-refractivity contribution < 1.29 is 13.9 Å². The molecule has 0 bridgehead atoms. The lowest BCUT2D eigenvalue weighted by Gasteiger charge is -2.08. The topological polar surface area (TPSA) is 77.6 Å². The number of amides is 1. The Morgan fingerprint density at radius 1 is 1.14 bits per heavy atom. The second-order valence-electron chi connectivity index (χ2n) is 6.35. The van der Waals surface area contributed by atoms with Crippen LogP contribution < -0.4 is 15.6 Å². The summed E-state index contributed by atoms with van der Waals surface area (Å²) in [4.78, 5) is 25.0. The number of hydrogen-bond donors (Lipinski definition) is 1. The third-order valence-corrected chi connectivity index (χ3v) is 4.45. The van der Waals surface area contributed by atoms with Gasteiger partial charge < -0.3 is 14.6 Å². The van der Waals surface area contributed by atoms with Crippen LogP contribution in [0, 0.1) is 5.82 Å². The highest BCUT2D eigenvalue weighted by molar-refractivity contribution is 5.90. The van der Waals surface area contributed by atoms with Crippen LogP contribution in [0.5, 0.6) is 5.75 Å². The average Bonchev–Trinajstić information content (AvgIpc) is 3.17. The summed E-state index contributed by atoms with van der Waals surface area (Å²) in [5, 5.41) is 6.88. The standard InChI is InChI=1S/C21H17FN4O3/c1-29-15-8-6-14(7-9-15)18-12-19-21(28)25(10-11-26(19)24-18)13-20(27)23-17-5-3-2-4-16(17)22/h2-12H,13H2,1H3,(H,23,27). The first-order chi connectivity index (χ1) is 14.0. The molecule has 4 rings (SSSR count). The number of ether oxygens (including phenoxy) is 1. The van der Waals surface area contributed by atoms with Crippen LogP contribution >= 0.6 is 0 Å². The molecule has 7 nitrogen and oxygen atoms in total. The van der Waals surface area contributed by atoms with Gasteiger partial charge in [0, 0.05) is 18.0 Å². The van der Waals surface area contributed by atoms with Crippen molar-refractivity contribution in [3.63, 3.8) is 0 Å². The molecule has 146 valence electrons. The van der Waals surface area contributed by atoms with E-state index in [0.717, 1.165) is 11.3 Å². The van der Waals surface area contributed by atoms with Gasteiger partial charge in [0.1, 0.15) is 23.6 Å². The molecule has 0 radical (unpaired) electrons. The Morgan fingerprint density at radius 3 is 2.62 bits per heavy atom. The first-order valence-electron chi connectivity index (χ1n) is 8.83. The molecule has 0 unspecified atom stereocenters. The van der Waals surface area contributed by atoms with E-state index >= 15 is 0 Å². The third-order valence-electron chi connectivity index (χ3n) is 4.45. The summed E-state index contributed by atoms with van der Waals surface area (Å²) in [6.07, 6.45) is 3.07. The van der Waals surface area contributed by atoms with Crippen LogP contribution in [0.3, 0.4) is 0 Å². The van der Waals surface area contributed by atoms with Gasteiger partial charge in [-0.15, -0.1) is 0 Å². The minimum Gasteiger partial charge on any atom is -0.497 e. The van der Waals surface area contributed by atoms with Crippen LogP contribution in [0.1, 0.15) is 0 Å². The Kier molecular flexibility index (Phi) is 4.82. The number of carbonyl (C=O) groups excluding carboxylic acids is 1. The van der Waals surface area contributed by atoms with E-state index in [1.54, 1.807) is 25.4 Å². The average molecular weight is 392 g/mol. The first-order valence-corrected chi connectivity index (χ1v) is 8.83. The van der Waals surface area contributed by atoms with Crippen molar-refractivity contribution >= 4 is 17.1 Å². The Bertz CT molecular complexity index is 1250. The van der Waals surface area contributed by atoms with E-state index < -0.39 is 11.7 Å². The molecule has 8 heteroatoms. The molecule has 0 aliphatic rings. The van der Waals surface area contributed by atoms with E-state index in [-0.39, 0.29) is 17.8 Å². The molecule has 0 saturated carbocycles. The largest absolute Gasteiger partial charge is 0.497 e. The van der Waals surface area contributed by atoms with Gasteiger partial charge in [-0.05, 0) is 42.5 Å². The number of fused-ring (bicyclic) bond motifs is 1. The van der Waals surface area contributed by atoms with Crippen molar-refractivity contribution in [1.29, 1.82) is 0 Å². The SMILES string of the molecule is COc1ccc(-c2cc3c(=O)n(CC(=O)Nc4ccccc4F)ccn3n2)cc1. The second-order valence-corrected chi connectivity index (χ2v) is 6.35. The number of aromatic nitrogens is 3. The summed E-state index contributed by atoms with van der Waals surface area (Å²) in [7, 11) is 1.59. The lowest BCUT2D eigenvalue weighted by molar-refractivity contribution is -0.116. The summed E-state index contributed by atoms with van der Waals surface area (Å²) in [5.41, 5.74) is 1.48. The fourth-order valence-electron chi connectivity index (χ4n) is 2.96. The molecule has 0 atom stereocenters. The van der Waals surface area contributed by atoms with Gasteiger partial charge in [0.05, 0.1) is 18.5 Å². The van der Waals surface area contributed by atoms with Gasteiger partial charge in [0.25, 0.3) is 5.56 Å². The van der Waals surface area contributed by atoms with Gasteiger partial charge in [0.2, 0.25) is 5.91 Å². The zero-order chi connectivity index (χ0) is 20.4. The number of anilines is 1. The lowest BCUT2D eigenvalue weighted by atomic mass is 10.1. The van der Waals surface area contributed by atoms with Crippen molar-refractivity contribution in [3.05, 3.63) is 83.2 Å². The summed E-state index contributed by atoms with van der Waals surface area (Å²) in [6.45, 7) is -0.243. The van der Waals surface area contributed by atoms with Crippen LogP contribution in [0.4, 0.5) is 10.1 Å². The van der Waals surface area contributed by atoms with E-state index in [9.17, 15) is 14.0 Å². The van der Waals surface area contributed by atoms with Gasteiger partial charge >= 0.3 is 0 Å². The first kappa shape index (κ1) is 18.4. The van der Waals surface area contributed by atoms with E-state index in [0.29, 0.717) is 11.2 Å². The number of halogens is 1. The fourth-order valence-corrected chi connectivity index (χ4v) is 2.96. The van der Waals surface area contributed by atoms with Crippen molar-refractivity contribution in [2.75, 3.05) is 12.4 Å². The number of para-hydroxylation sites is 1. The van der Waals surface area contributed by atoms with Gasteiger partial charge in [-0.25, -0.2) is 8.91 Å². The number of methoxy groups -OCH3 is 1. The number of carbonyl (C=O) groups is 1. The van der Waals surface area contributed by atoms with Crippen molar-refractivity contribution in [3.8, 4) is 17.0 Å². The van der Waals surface area contributed by atoms with E-state index in [2.05, 4.69) is 10.4 Å². The second kappa shape index (κ2) is 7.59. The highest BCUT2D eigenvalue weighted by Gasteiger charge is 2.12. The molecule has 2 aromatic heterocycles. The Morgan fingerprint density at radius 2 is 1.90 bits per heavy atom. The van der Waals surface area contributed by atoms with Crippen molar-refractivity contribution in [2.45, 2.75) is 6.54 Å². The number of benzene rings is 2. The van der Waals surface area contributed by atoms with Gasteiger partial charge in [0.15, 0.2) is 0 Å². The van der Waals surface area contributed by atoms with Crippen LogP contribution in [0.15, 0.2) is 71.8 Å². The lowest BCUT2D eigenvalue weighted by Crippen LogP contribution is -2.28. The molecule has 0 saturated heterocycles. The maximum atomic E-state index is 13.7. The summed E-state index contributed by atoms with van der Waals surface area (Å²) in [6, 6.07) is 14.8. The predicted octanol–water partition coefficient (Wildman–Crippen LogP) is 2.95. The Hall–Kier alpha value is -3.94. The highest BCUT2D eigenvalue weighted by Crippen LogP contribution is 2.21. The molecular formula is C21H17FN4O3. The summed E-state index contributed by atoms with van der Waals surface area (Å²) >= 11 is 0. The third kappa shape index (κ3) is 3.73. The molecular weight excluding hydrogens is 375 g/mol. The molecule has 0 spiro atoms. The van der Waals surface area contributed by atoms with E-state index in [1.807, 2.05) is 24.3 Å². The van der Waals surface area contributed by atoms with E-state index in [4.69, 9.17) is 4.74 Å². The Balaban J connectivity index is 1.59.